The molecular formula is C26H21ClN2O6. The molecule has 0 saturated heterocycles. The number of esters is 1. The van der Waals surface area contributed by atoms with Crippen LogP contribution in [-0.4, -0.2) is 48.9 Å². The highest BCUT2D eigenvalue weighted by molar-refractivity contribution is 6.33. The zero-order valence-electron chi connectivity index (χ0n) is 18.7. The molecule has 4 rings (SSSR count). The lowest BCUT2D eigenvalue weighted by molar-refractivity contribution is -0.119. The van der Waals surface area contributed by atoms with E-state index in [4.69, 9.17) is 21.1 Å². The number of carbonyl (C=O) groups excluding carboxylic acids is 4. The second kappa shape index (κ2) is 10.4. The lowest BCUT2D eigenvalue weighted by atomic mass is 10.1. The van der Waals surface area contributed by atoms with Crippen molar-refractivity contribution in [1.82, 2.24) is 4.90 Å². The molecule has 0 atom stereocenters. The van der Waals surface area contributed by atoms with Gasteiger partial charge in [-0.05, 0) is 54.4 Å². The summed E-state index contributed by atoms with van der Waals surface area (Å²) < 4.78 is 10.2. The van der Waals surface area contributed by atoms with Crippen LogP contribution in [0.25, 0.3) is 0 Å². The number of methoxy groups -OCH3 is 1. The number of hydrogen-bond acceptors (Lipinski definition) is 6. The minimum atomic E-state index is -0.793. The Bertz CT molecular complexity index is 1310. The van der Waals surface area contributed by atoms with Crippen LogP contribution < -0.4 is 10.1 Å². The topological polar surface area (TPSA) is 102 Å². The molecule has 35 heavy (non-hydrogen) atoms. The summed E-state index contributed by atoms with van der Waals surface area (Å²) >= 11 is 6.00. The fourth-order valence-electron chi connectivity index (χ4n) is 3.62. The lowest BCUT2D eigenvalue weighted by Crippen LogP contribution is -2.31. The Hall–Kier alpha value is -4.17. The van der Waals surface area contributed by atoms with Gasteiger partial charge in [0, 0.05) is 6.54 Å². The number of ether oxygens (including phenoxy) is 2. The maximum Gasteiger partial charge on any atom is 0.338 e. The number of nitrogens with zero attached hydrogens (tertiary/aromatic N) is 1. The average Bonchev–Trinajstić information content (AvgIpc) is 3.11. The molecule has 3 aromatic carbocycles. The summed E-state index contributed by atoms with van der Waals surface area (Å²) in [4.78, 5) is 51.3. The molecule has 1 N–H and O–H groups in total. The highest BCUT2D eigenvalue weighted by atomic mass is 35.5. The highest BCUT2D eigenvalue weighted by Crippen LogP contribution is 2.25. The minimum absolute atomic E-state index is 0.0625. The van der Waals surface area contributed by atoms with E-state index in [1.54, 1.807) is 31.4 Å². The quantitative estimate of drug-likeness (QED) is 0.377. The van der Waals surface area contributed by atoms with Gasteiger partial charge < -0.3 is 14.8 Å². The fraction of sp³-hybridized carbons (Fsp3) is 0.154. The van der Waals surface area contributed by atoms with Crippen LogP contribution in [0.2, 0.25) is 5.02 Å². The third-order valence-electron chi connectivity index (χ3n) is 5.47. The van der Waals surface area contributed by atoms with E-state index in [1.807, 2.05) is 24.3 Å². The van der Waals surface area contributed by atoms with Gasteiger partial charge in [-0.15, -0.1) is 0 Å². The monoisotopic (exact) mass is 492 g/mol. The SMILES string of the molecule is COc1ccc(CCN2C(=O)c3ccc(C(=O)OCC(=O)Nc4ccccc4Cl)cc3C2=O)cc1. The molecule has 8 nitrogen and oxygen atoms in total. The molecule has 0 spiro atoms. The maximum absolute atomic E-state index is 12.9. The van der Waals surface area contributed by atoms with Crippen molar-refractivity contribution in [2.24, 2.45) is 0 Å². The van der Waals surface area contributed by atoms with Gasteiger partial charge in [0.15, 0.2) is 6.61 Å². The van der Waals surface area contributed by atoms with Crippen LogP contribution in [0.3, 0.4) is 0 Å². The van der Waals surface area contributed by atoms with Crippen LogP contribution in [0, 0.1) is 0 Å². The standard InChI is InChI=1S/C26H21ClN2O6/c1-34-18-9-6-16(7-10-18)12-13-29-24(31)19-11-8-17(14-20(19)25(29)32)26(33)35-15-23(30)28-22-5-3-2-4-21(22)27/h2-11,14H,12-13,15H2,1H3,(H,28,30). The minimum Gasteiger partial charge on any atom is -0.497 e. The second-order valence-corrected chi connectivity index (χ2v) is 8.13. The predicted molar refractivity (Wildman–Crippen MR) is 129 cm³/mol. The number of para-hydroxylation sites is 1. The summed E-state index contributed by atoms with van der Waals surface area (Å²) in [5, 5.41) is 2.90. The molecule has 3 amide bonds. The number of rotatable bonds is 8. The first kappa shape index (κ1) is 24.0. The van der Waals surface area contributed by atoms with Crippen LogP contribution >= 0.6 is 11.6 Å². The number of anilines is 1. The molecule has 0 bridgehead atoms. The Labute approximate surface area is 206 Å². The van der Waals surface area contributed by atoms with Crippen LogP contribution in [0.1, 0.15) is 36.6 Å². The fourth-order valence-corrected chi connectivity index (χ4v) is 3.80. The van der Waals surface area contributed by atoms with Gasteiger partial charge in [0.05, 0.1) is 34.5 Å². The summed E-state index contributed by atoms with van der Waals surface area (Å²) in [6.45, 7) is -0.345. The van der Waals surface area contributed by atoms with Crippen molar-refractivity contribution in [2.45, 2.75) is 6.42 Å². The largest absolute Gasteiger partial charge is 0.497 e. The van der Waals surface area contributed by atoms with Gasteiger partial charge in [0.25, 0.3) is 17.7 Å². The third-order valence-corrected chi connectivity index (χ3v) is 5.80. The van der Waals surface area contributed by atoms with Crippen LogP contribution in [0.4, 0.5) is 5.69 Å². The molecule has 0 aromatic heterocycles. The molecule has 9 heteroatoms. The van der Waals surface area contributed by atoms with Crippen LogP contribution in [0.15, 0.2) is 66.7 Å². The second-order valence-electron chi connectivity index (χ2n) is 7.72. The van der Waals surface area contributed by atoms with E-state index in [9.17, 15) is 19.2 Å². The Morgan fingerprint density at radius 1 is 0.943 bits per heavy atom. The van der Waals surface area contributed by atoms with Crippen molar-refractivity contribution < 1.29 is 28.7 Å². The summed E-state index contributed by atoms with van der Waals surface area (Å²) in [5.41, 5.74) is 1.75. The molecule has 0 saturated carbocycles. The van der Waals surface area contributed by atoms with E-state index in [0.717, 1.165) is 16.2 Å². The van der Waals surface area contributed by atoms with E-state index in [1.165, 1.54) is 18.2 Å². The number of imide groups is 1. The number of nitrogens with one attached hydrogen (secondary N) is 1. The predicted octanol–water partition coefficient (Wildman–Crippen LogP) is 3.98. The molecule has 0 fully saturated rings. The highest BCUT2D eigenvalue weighted by Gasteiger charge is 2.35. The number of amides is 3. The Kier molecular flexibility index (Phi) is 7.12. The molecule has 0 unspecified atom stereocenters. The van der Waals surface area contributed by atoms with Gasteiger partial charge >= 0.3 is 5.97 Å². The Morgan fingerprint density at radius 2 is 1.66 bits per heavy atom. The summed E-state index contributed by atoms with van der Waals surface area (Å²) in [5.74, 6) is -1.54. The van der Waals surface area contributed by atoms with Gasteiger partial charge in [0.1, 0.15) is 5.75 Å². The molecule has 0 radical (unpaired) electrons. The summed E-state index contributed by atoms with van der Waals surface area (Å²) in [7, 11) is 1.58. The molecule has 1 aliphatic heterocycles. The van der Waals surface area contributed by atoms with Crippen LogP contribution in [-0.2, 0) is 16.0 Å². The summed E-state index contributed by atoms with van der Waals surface area (Å²) in [6.07, 6.45) is 0.477. The summed E-state index contributed by atoms with van der Waals surface area (Å²) in [6, 6.07) is 18.1. The van der Waals surface area contributed by atoms with E-state index >= 15 is 0 Å². The molecular weight excluding hydrogens is 472 g/mol. The number of benzene rings is 3. The zero-order valence-corrected chi connectivity index (χ0v) is 19.5. The first-order chi connectivity index (χ1) is 16.9. The normalized spacial score (nSPS) is 12.3. The van der Waals surface area contributed by atoms with Gasteiger partial charge in [-0.25, -0.2) is 4.79 Å². The van der Waals surface area contributed by atoms with E-state index < -0.39 is 30.3 Å². The third kappa shape index (κ3) is 5.33. The molecule has 178 valence electrons. The van der Waals surface area contributed by atoms with Crippen molar-refractivity contribution in [2.75, 3.05) is 25.6 Å². The smallest absolute Gasteiger partial charge is 0.338 e. The Balaban J connectivity index is 1.37. The van der Waals surface area contributed by atoms with Crippen molar-refractivity contribution in [1.29, 1.82) is 0 Å². The van der Waals surface area contributed by atoms with Crippen LogP contribution in [0.5, 0.6) is 5.75 Å². The molecule has 3 aromatic rings. The number of carbonyl (C=O) groups is 4. The average molecular weight is 493 g/mol. The van der Waals surface area contributed by atoms with Gasteiger partial charge in [-0.1, -0.05) is 35.9 Å². The lowest BCUT2D eigenvalue weighted by Gasteiger charge is -2.13. The number of fused-ring (bicyclic) bond motifs is 1. The first-order valence-electron chi connectivity index (χ1n) is 10.7. The first-order valence-corrected chi connectivity index (χ1v) is 11.1. The molecule has 1 aliphatic rings. The molecule has 1 heterocycles. The zero-order chi connectivity index (χ0) is 24.9. The van der Waals surface area contributed by atoms with Crippen molar-refractivity contribution in [3.05, 3.63) is 94.0 Å². The van der Waals surface area contributed by atoms with Gasteiger partial charge in [-0.2, -0.15) is 0 Å². The van der Waals surface area contributed by atoms with Crippen molar-refractivity contribution in [3.8, 4) is 5.75 Å². The Morgan fingerprint density at radius 3 is 2.37 bits per heavy atom. The van der Waals surface area contributed by atoms with Crippen molar-refractivity contribution in [3.63, 3.8) is 0 Å². The van der Waals surface area contributed by atoms with E-state index in [0.29, 0.717) is 17.1 Å². The van der Waals surface area contributed by atoms with Gasteiger partial charge in [0.2, 0.25) is 0 Å². The molecule has 0 aliphatic carbocycles. The maximum atomic E-state index is 12.9. The van der Waals surface area contributed by atoms with Crippen molar-refractivity contribution >= 4 is 41.0 Å². The number of halogens is 1. The van der Waals surface area contributed by atoms with Gasteiger partial charge in [-0.3, -0.25) is 19.3 Å². The number of hydrogen-bond donors (Lipinski definition) is 1. The van der Waals surface area contributed by atoms with E-state index in [-0.39, 0.29) is 23.2 Å². The van der Waals surface area contributed by atoms with E-state index in [2.05, 4.69) is 5.32 Å².